The first kappa shape index (κ1) is 15.3. The van der Waals surface area contributed by atoms with Gasteiger partial charge < -0.3 is 9.88 Å². The van der Waals surface area contributed by atoms with E-state index in [1.807, 2.05) is 12.3 Å². The van der Waals surface area contributed by atoms with Gasteiger partial charge in [0, 0.05) is 42.2 Å². The molecule has 6 nitrogen and oxygen atoms in total. The van der Waals surface area contributed by atoms with E-state index in [-0.39, 0.29) is 0 Å². The van der Waals surface area contributed by atoms with E-state index in [1.165, 1.54) is 5.69 Å². The van der Waals surface area contributed by atoms with Crippen molar-refractivity contribution < 1.29 is 0 Å². The Morgan fingerprint density at radius 3 is 2.92 bits per heavy atom. The Balaban J connectivity index is 1.45. The summed E-state index contributed by atoms with van der Waals surface area (Å²) in [4.78, 5) is 19.3. The molecule has 0 spiro atoms. The lowest BCUT2D eigenvalue weighted by Crippen LogP contribution is -2.35. The Bertz CT molecular complexity index is 964. The minimum atomic E-state index is 0.392. The molecule has 3 aromatic heterocycles. The van der Waals surface area contributed by atoms with Crippen molar-refractivity contribution in [3.8, 4) is 6.07 Å². The van der Waals surface area contributed by atoms with Crippen molar-refractivity contribution in [2.45, 2.75) is 37.5 Å². The molecule has 2 aliphatic rings. The molecule has 5 rings (SSSR count). The summed E-state index contributed by atoms with van der Waals surface area (Å²) < 4.78 is 0. The molecule has 26 heavy (non-hydrogen) atoms. The second kappa shape index (κ2) is 6.10. The van der Waals surface area contributed by atoms with Crippen LogP contribution in [0.15, 0.2) is 30.6 Å². The van der Waals surface area contributed by atoms with Gasteiger partial charge in [0.25, 0.3) is 0 Å². The maximum absolute atomic E-state index is 9.50. The molecule has 1 saturated heterocycles. The zero-order valence-electron chi connectivity index (χ0n) is 14.5. The van der Waals surface area contributed by atoms with E-state index in [2.05, 4.69) is 38.1 Å². The summed E-state index contributed by atoms with van der Waals surface area (Å²) in [6, 6.07) is 8.53. The summed E-state index contributed by atoms with van der Waals surface area (Å²) in [6.07, 6.45) is 8.06. The van der Waals surface area contributed by atoms with Gasteiger partial charge in [-0.3, -0.25) is 0 Å². The van der Waals surface area contributed by atoms with Crippen LogP contribution in [0.1, 0.15) is 54.6 Å². The molecule has 1 aliphatic carbocycles. The summed E-state index contributed by atoms with van der Waals surface area (Å²) in [5, 5.41) is 10.6. The van der Waals surface area contributed by atoms with Crippen molar-refractivity contribution in [1.29, 1.82) is 5.26 Å². The van der Waals surface area contributed by atoms with Gasteiger partial charge in [0.2, 0.25) is 0 Å². The van der Waals surface area contributed by atoms with Gasteiger partial charge in [0.15, 0.2) is 0 Å². The number of piperidine rings is 1. The highest BCUT2D eigenvalue weighted by atomic mass is 15.2. The summed E-state index contributed by atoms with van der Waals surface area (Å²) in [5.41, 5.74) is 2.74. The van der Waals surface area contributed by atoms with E-state index in [9.17, 15) is 5.26 Å². The van der Waals surface area contributed by atoms with Crippen LogP contribution in [0.3, 0.4) is 0 Å². The predicted molar refractivity (Wildman–Crippen MR) is 99.0 cm³/mol. The molecular weight excluding hydrogens is 324 g/mol. The SMILES string of the molecule is N#Cc1cnc(C2CC2)nc1N1CCCC(c2cc3cccnc3[nH]2)C1. The topological polar surface area (TPSA) is 81.5 Å². The van der Waals surface area contributed by atoms with Crippen molar-refractivity contribution in [2.24, 2.45) is 0 Å². The highest BCUT2D eigenvalue weighted by Crippen LogP contribution is 2.39. The Kier molecular flexibility index (Phi) is 3.59. The molecule has 3 aromatic rings. The number of fused-ring (bicyclic) bond motifs is 1. The summed E-state index contributed by atoms with van der Waals surface area (Å²) in [5.74, 6) is 2.59. The van der Waals surface area contributed by atoms with E-state index in [1.54, 1.807) is 6.20 Å². The van der Waals surface area contributed by atoms with Crippen LogP contribution >= 0.6 is 0 Å². The van der Waals surface area contributed by atoms with Crippen LogP contribution in [-0.4, -0.2) is 33.0 Å². The first-order chi connectivity index (χ1) is 12.8. The molecule has 1 aliphatic heterocycles. The molecule has 1 N–H and O–H groups in total. The average molecular weight is 344 g/mol. The van der Waals surface area contributed by atoms with Crippen LogP contribution in [0.25, 0.3) is 11.0 Å². The number of anilines is 1. The molecule has 2 fully saturated rings. The number of hydrogen-bond donors (Lipinski definition) is 1. The van der Waals surface area contributed by atoms with Crippen LogP contribution < -0.4 is 4.90 Å². The maximum Gasteiger partial charge on any atom is 0.150 e. The van der Waals surface area contributed by atoms with Crippen molar-refractivity contribution in [3.05, 3.63) is 47.7 Å². The number of rotatable bonds is 3. The average Bonchev–Trinajstić information content (AvgIpc) is 3.46. The number of pyridine rings is 1. The van der Waals surface area contributed by atoms with Gasteiger partial charge in [-0.2, -0.15) is 5.26 Å². The Morgan fingerprint density at radius 2 is 2.12 bits per heavy atom. The molecule has 0 aromatic carbocycles. The molecular formula is C20H20N6. The lowest BCUT2D eigenvalue weighted by Gasteiger charge is -2.33. The summed E-state index contributed by atoms with van der Waals surface area (Å²) in [6.45, 7) is 1.80. The lowest BCUT2D eigenvalue weighted by atomic mass is 9.94. The van der Waals surface area contributed by atoms with Crippen molar-refractivity contribution in [2.75, 3.05) is 18.0 Å². The van der Waals surface area contributed by atoms with Crippen LogP contribution in [0, 0.1) is 11.3 Å². The minimum absolute atomic E-state index is 0.392. The Hall–Kier alpha value is -2.94. The van der Waals surface area contributed by atoms with E-state index in [4.69, 9.17) is 4.98 Å². The predicted octanol–water partition coefficient (Wildman–Crippen LogP) is 3.49. The molecule has 130 valence electrons. The minimum Gasteiger partial charge on any atom is -0.355 e. The van der Waals surface area contributed by atoms with Crippen molar-refractivity contribution >= 4 is 16.9 Å². The lowest BCUT2D eigenvalue weighted by molar-refractivity contribution is 0.499. The van der Waals surface area contributed by atoms with Gasteiger partial charge in [-0.25, -0.2) is 15.0 Å². The zero-order valence-corrected chi connectivity index (χ0v) is 14.5. The third-order valence-corrected chi connectivity index (χ3v) is 5.42. The normalized spacial score (nSPS) is 20.3. The fraction of sp³-hybridized carbons (Fsp3) is 0.400. The first-order valence-corrected chi connectivity index (χ1v) is 9.27. The number of nitriles is 1. The number of nitrogens with one attached hydrogen (secondary N) is 1. The van der Waals surface area contributed by atoms with Gasteiger partial charge in [-0.1, -0.05) is 0 Å². The fourth-order valence-electron chi connectivity index (χ4n) is 3.87. The third kappa shape index (κ3) is 2.70. The number of aromatic nitrogens is 4. The third-order valence-electron chi connectivity index (χ3n) is 5.42. The molecule has 6 heteroatoms. The van der Waals surface area contributed by atoms with E-state index in [0.29, 0.717) is 17.4 Å². The van der Waals surface area contributed by atoms with E-state index in [0.717, 1.165) is 61.4 Å². The molecule has 0 radical (unpaired) electrons. The van der Waals surface area contributed by atoms with Crippen LogP contribution in [-0.2, 0) is 0 Å². The van der Waals surface area contributed by atoms with Crippen LogP contribution in [0.5, 0.6) is 0 Å². The molecule has 0 bridgehead atoms. The number of aromatic amines is 1. The van der Waals surface area contributed by atoms with Gasteiger partial charge in [-0.15, -0.1) is 0 Å². The summed E-state index contributed by atoms with van der Waals surface area (Å²) >= 11 is 0. The van der Waals surface area contributed by atoms with Gasteiger partial charge in [0.05, 0.1) is 6.20 Å². The second-order valence-electron chi connectivity index (χ2n) is 7.30. The maximum atomic E-state index is 9.50. The first-order valence-electron chi connectivity index (χ1n) is 9.27. The number of hydrogen-bond acceptors (Lipinski definition) is 5. The Morgan fingerprint density at radius 1 is 1.19 bits per heavy atom. The molecule has 1 unspecified atom stereocenters. The number of nitrogens with zero attached hydrogens (tertiary/aromatic N) is 5. The number of H-pyrrole nitrogens is 1. The highest BCUT2D eigenvalue weighted by Gasteiger charge is 2.30. The standard InChI is InChI=1S/C20H20N6/c21-10-16-11-23-18(13-5-6-13)25-20(16)26-8-2-4-15(12-26)17-9-14-3-1-7-22-19(14)24-17/h1,3,7,9,11,13,15H,2,4-6,8,12H2,(H,22,24). The summed E-state index contributed by atoms with van der Waals surface area (Å²) in [7, 11) is 0. The van der Waals surface area contributed by atoms with Gasteiger partial charge in [0.1, 0.15) is 28.9 Å². The second-order valence-corrected chi connectivity index (χ2v) is 7.30. The van der Waals surface area contributed by atoms with Crippen LogP contribution in [0.2, 0.25) is 0 Å². The van der Waals surface area contributed by atoms with E-state index < -0.39 is 0 Å². The molecule has 0 amide bonds. The van der Waals surface area contributed by atoms with Crippen molar-refractivity contribution in [3.63, 3.8) is 0 Å². The largest absolute Gasteiger partial charge is 0.355 e. The monoisotopic (exact) mass is 344 g/mol. The molecule has 1 saturated carbocycles. The Labute approximate surface area is 151 Å². The van der Waals surface area contributed by atoms with Crippen LogP contribution in [0.4, 0.5) is 5.82 Å². The van der Waals surface area contributed by atoms with Crippen molar-refractivity contribution in [1.82, 2.24) is 19.9 Å². The quantitative estimate of drug-likeness (QED) is 0.786. The molecule has 4 heterocycles. The zero-order chi connectivity index (χ0) is 17.5. The van der Waals surface area contributed by atoms with Gasteiger partial charge in [-0.05, 0) is 43.9 Å². The highest BCUT2D eigenvalue weighted by molar-refractivity contribution is 5.76. The van der Waals surface area contributed by atoms with E-state index >= 15 is 0 Å². The smallest absolute Gasteiger partial charge is 0.150 e. The fourth-order valence-corrected chi connectivity index (χ4v) is 3.87. The van der Waals surface area contributed by atoms with Gasteiger partial charge >= 0.3 is 0 Å². The molecule has 1 atom stereocenters.